The molecule has 2 aromatic carbocycles. The lowest BCUT2D eigenvalue weighted by molar-refractivity contribution is 0.756. The first kappa shape index (κ1) is 9.78. The van der Waals surface area contributed by atoms with E-state index in [9.17, 15) is 0 Å². The molecule has 0 bridgehead atoms. The van der Waals surface area contributed by atoms with Crippen molar-refractivity contribution in [1.29, 1.82) is 0 Å². The summed E-state index contributed by atoms with van der Waals surface area (Å²) in [6.07, 6.45) is 3.71. The normalized spacial score (nSPS) is 11.3. The maximum absolute atomic E-state index is 4.35. The van der Waals surface area contributed by atoms with Gasteiger partial charge in [0, 0.05) is 5.39 Å². The molecular weight excluding hydrogens is 210 g/mol. The van der Waals surface area contributed by atoms with E-state index in [0.717, 1.165) is 16.5 Å². The molecule has 0 saturated heterocycles. The van der Waals surface area contributed by atoms with Gasteiger partial charge in [0.15, 0.2) is 0 Å². The van der Waals surface area contributed by atoms with Gasteiger partial charge >= 0.3 is 0 Å². The zero-order chi connectivity index (χ0) is 11.5. The quantitative estimate of drug-likeness (QED) is 0.612. The lowest BCUT2D eigenvalue weighted by atomic mass is 10.2. The van der Waals surface area contributed by atoms with Crippen LogP contribution in [0.15, 0.2) is 65.9 Å². The van der Waals surface area contributed by atoms with Gasteiger partial charge in [0.25, 0.3) is 0 Å². The number of hydrogen-bond donors (Lipinski definition) is 0. The Kier molecular flexibility index (Phi) is 2.43. The van der Waals surface area contributed by atoms with Crippen molar-refractivity contribution in [3.8, 4) is 0 Å². The second kappa shape index (κ2) is 4.22. The van der Waals surface area contributed by atoms with Gasteiger partial charge in [-0.1, -0.05) is 48.5 Å². The van der Waals surface area contributed by atoms with Crippen LogP contribution in [0.4, 0.5) is 0 Å². The van der Waals surface area contributed by atoms with Gasteiger partial charge in [-0.2, -0.15) is 15.0 Å². The van der Waals surface area contributed by atoms with Crippen LogP contribution in [0.25, 0.3) is 10.9 Å². The van der Waals surface area contributed by atoms with Gasteiger partial charge in [-0.25, -0.2) is 0 Å². The molecule has 0 aliphatic rings. The minimum atomic E-state index is 0.956. The Balaban J connectivity index is 1.92. The molecule has 82 valence electrons. The van der Waals surface area contributed by atoms with Crippen LogP contribution < -0.4 is 0 Å². The molecule has 17 heavy (non-hydrogen) atoms. The molecule has 1 aromatic heterocycles. The summed E-state index contributed by atoms with van der Waals surface area (Å²) in [7, 11) is 0. The lowest BCUT2D eigenvalue weighted by Crippen LogP contribution is -1.90. The van der Waals surface area contributed by atoms with E-state index in [2.05, 4.69) is 10.2 Å². The van der Waals surface area contributed by atoms with Gasteiger partial charge in [0.05, 0.1) is 17.9 Å². The molecular formula is C14H11N3. The molecule has 3 rings (SSSR count). The highest BCUT2D eigenvalue weighted by Gasteiger charge is 1.96. The minimum absolute atomic E-state index is 0.956. The van der Waals surface area contributed by atoms with Crippen LogP contribution in [-0.4, -0.2) is 16.1 Å². The molecule has 3 heteroatoms. The third-order valence-corrected chi connectivity index (χ3v) is 2.53. The fourth-order valence-corrected chi connectivity index (χ4v) is 1.68. The maximum atomic E-state index is 4.35. The maximum Gasteiger partial charge on any atom is 0.0945 e. The van der Waals surface area contributed by atoms with Crippen LogP contribution >= 0.6 is 0 Å². The molecule has 3 aromatic rings. The van der Waals surface area contributed by atoms with Gasteiger partial charge in [-0.15, -0.1) is 0 Å². The number of fused-ring (bicyclic) bond motifs is 1. The summed E-state index contributed by atoms with van der Waals surface area (Å²) in [6.45, 7) is 0. The summed E-state index contributed by atoms with van der Waals surface area (Å²) in [5.74, 6) is 0. The van der Waals surface area contributed by atoms with Crippen LogP contribution in [0.3, 0.4) is 0 Å². The third kappa shape index (κ3) is 2.08. The fourth-order valence-electron chi connectivity index (χ4n) is 1.68. The molecule has 3 nitrogen and oxygen atoms in total. The first-order valence-electron chi connectivity index (χ1n) is 5.46. The van der Waals surface area contributed by atoms with Crippen molar-refractivity contribution in [2.75, 3.05) is 0 Å². The van der Waals surface area contributed by atoms with E-state index in [1.54, 1.807) is 11.0 Å². The van der Waals surface area contributed by atoms with Crippen molar-refractivity contribution in [2.45, 2.75) is 0 Å². The van der Waals surface area contributed by atoms with Crippen molar-refractivity contribution >= 4 is 17.1 Å². The summed E-state index contributed by atoms with van der Waals surface area (Å²) >= 11 is 0. The summed E-state index contributed by atoms with van der Waals surface area (Å²) < 4.78 is 0. The molecule has 0 amide bonds. The molecule has 0 saturated carbocycles. The van der Waals surface area contributed by atoms with Gasteiger partial charge in [0.2, 0.25) is 0 Å². The summed E-state index contributed by atoms with van der Waals surface area (Å²) in [6, 6.07) is 17.9. The Morgan fingerprint density at radius 1 is 0.941 bits per heavy atom. The highest BCUT2D eigenvalue weighted by atomic mass is 15.5. The van der Waals surface area contributed by atoms with Crippen LogP contribution in [0.5, 0.6) is 0 Å². The number of rotatable bonds is 2. The Morgan fingerprint density at radius 3 is 2.53 bits per heavy atom. The standard InChI is InChI=1S/C14H11N3/c1-2-6-12(7-3-1)10-15-17-11-13-8-4-5-9-14(13)16-17/h1-11H/b15-10+. The molecule has 0 spiro atoms. The highest BCUT2D eigenvalue weighted by molar-refractivity contribution is 5.80. The molecule has 1 heterocycles. The minimum Gasteiger partial charge on any atom is -0.158 e. The molecule has 0 N–H and O–H groups in total. The molecule has 0 unspecified atom stereocenters. The Hall–Kier alpha value is -2.42. The average Bonchev–Trinajstić information content (AvgIpc) is 2.80. The van der Waals surface area contributed by atoms with Gasteiger partial charge in [-0.05, 0) is 11.6 Å². The van der Waals surface area contributed by atoms with Crippen LogP contribution in [0, 0.1) is 0 Å². The van der Waals surface area contributed by atoms with Crippen molar-refractivity contribution in [3.05, 3.63) is 66.4 Å². The van der Waals surface area contributed by atoms with E-state index in [1.165, 1.54) is 0 Å². The summed E-state index contributed by atoms with van der Waals surface area (Å²) in [5, 5.41) is 9.74. The topological polar surface area (TPSA) is 30.2 Å². The van der Waals surface area contributed by atoms with E-state index in [4.69, 9.17) is 0 Å². The lowest BCUT2D eigenvalue weighted by Gasteiger charge is -1.91. The SMILES string of the molecule is C(=N\n1cc2ccccc2n1)/c1ccccc1. The second-order valence-corrected chi connectivity index (χ2v) is 3.76. The zero-order valence-electron chi connectivity index (χ0n) is 9.19. The number of nitrogens with zero attached hydrogens (tertiary/aromatic N) is 3. The van der Waals surface area contributed by atoms with Crippen molar-refractivity contribution < 1.29 is 0 Å². The predicted octanol–water partition coefficient (Wildman–Crippen LogP) is 2.92. The number of hydrogen-bond acceptors (Lipinski definition) is 2. The number of benzene rings is 2. The molecule has 0 aliphatic heterocycles. The highest BCUT2D eigenvalue weighted by Crippen LogP contribution is 2.10. The summed E-state index contributed by atoms with van der Waals surface area (Å²) in [4.78, 5) is 1.59. The Bertz CT molecular complexity index is 620. The van der Waals surface area contributed by atoms with Gasteiger partial charge < -0.3 is 0 Å². The van der Waals surface area contributed by atoms with Crippen molar-refractivity contribution in [3.63, 3.8) is 0 Å². The van der Waals surface area contributed by atoms with E-state index in [0.29, 0.717) is 0 Å². The van der Waals surface area contributed by atoms with E-state index < -0.39 is 0 Å². The van der Waals surface area contributed by atoms with Crippen LogP contribution in [-0.2, 0) is 0 Å². The zero-order valence-corrected chi connectivity index (χ0v) is 9.19. The smallest absolute Gasteiger partial charge is 0.0945 e. The molecule has 0 radical (unpaired) electrons. The molecule has 0 aliphatic carbocycles. The summed E-state index contributed by atoms with van der Waals surface area (Å²) in [5.41, 5.74) is 2.02. The molecule has 0 atom stereocenters. The Morgan fingerprint density at radius 2 is 1.71 bits per heavy atom. The second-order valence-electron chi connectivity index (χ2n) is 3.76. The van der Waals surface area contributed by atoms with E-state index >= 15 is 0 Å². The van der Waals surface area contributed by atoms with E-state index in [-0.39, 0.29) is 0 Å². The van der Waals surface area contributed by atoms with Crippen molar-refractivity contribution in [1.82, 2.24) is 9.89 Å². The van der Waals surface area contributed by atoms with Crippen LogP contribution in [0.1, 0.15) is 5.56 Å². The molecule has 0 fully saturated rings. The van der Waals surface area contributed by atoms with Gasteiger partial charge in [-0.3, -0.25) is 0 Å². The average molecular weight is 221 g/mol. The first-order valence-corrected chi connectivity index (χ1v) is 5.46. The Labute approximate surface area is 99.0 Å². The van der Waals surface area contributed by atoms with Gasteiger partial charge in [0.1, 0.15) is 0 Å². The van der Waals surface area contributed by atoms with Crippen LogP contribution in [0.2, 0.25) is 0 Å². The fraction of sp³-hybridized carbons (Fsp3) is 0. The predicted molar refractivity (Wildman–Crippen MR) is 69.2 cm³/mol. The van der Waals surface area contributed by atoms with E-state index in [1.807, 2.05) is 60.8 Å². The first-order chi connectivity index (χ1) is 8.42. The monoisotopic (exact) mass is 221 g/mol. The number of aromatic nitrogens is 2. The van der Waals surface area contributed by atoms with Crippen molar-refractivity contribution in [2.24, 2.45) is 5.10 Å². The largest absolute Gasteiger partial charge is 0.158 e. The third-order valence-electron chi connectivity index (χ3n) is 2.53.